The lowest BCUT2D eigenvalue weighted by molar-refractivity contribution is -0.141. The maximum Gasteiger partial charge on any atom is 0.325 e. The molecule has 1 heterocycles. The summed E-state index contributed by atoms with van der Waals surface area (Å²) in [6.07, 6.45) is 5.56. The van der Waals surface area contributed by atoms with Crippen LogP contribution in [0.2, 0.25) is 0 Å². The van der Waals surface area contributed by atoms with Crippen LogP contribution in [-0.4, -0.2) is 45.8 Å². The normalized spacial score (nSPS) is 26.4. The van der Waals surface area contributed by atoms with Crippen LogP contribution < -0.4 is 5.32 Å². The fourth-order valence-corrected chi connectivity index (χ4v) is 4.88. The number of hydrogen-bond donors (Lipinski definition) is 1. The van der Waals surface area contributed by atoms with Gasteiger partial charge in [0.1, 0.15) is 12.1 Å². The van der Waals surface area contributed by atoms with Gasteiger partial charge < -0.3 is 10.2 Å². The number of nitrogens with zero attached hydrogens (tertiary/aromatic N) is 2. The fraction of sp³-hybridized carbons (Fsp3) is 0.625. The van der Waals surface area contributed by atoms with Gasteiger partial charge in [-0.2, -0.15) is 0 Å². The second kappa shape index (κ2) is 8.05. The highest BCUT2D eigenvalue weighted by Gasteiger charge is 2.55. The van der Waals surface area contributed by atoms with E-state index >= 15 is 0 Å². The van der Waals surface area contributed by atoms with E-state index in [9.17, 15) is 14.4 Å². The Bertz CT molecular complexity index is 831. The molecule has 2 atom stereocenters. The molecule has 2 aliphatic carbocycles. The van der Waals surface area contributed by atoms with Gasteiger partial charge in [0.2, 0.25) is 5.91 Å². The summed E-state index contributed by atoms with van der Waals surface area (Å²) < 4.78 is 0. The summed E-state index contributed by atoms with van der Waals surface area (Å²) in [4.78, 5) is 42.0. The maximum absolute atomic E-state index is 13.2. The zero-order valence-electron chi connectivity index (χ0n) is 18.3. The standard InChI is InChI=1S/C24H33N3O3/c1-16(2)19-9-7-18(8-10-19)14-26(20-11-12-20)21(28)15-27-22(29)24(25-23(27)30)13-5-4-6-17(24)3/h7-10,16-17,20H,4-6,11-15H2,1-3H3,(H,25,30). The summed E-state index contributed by atoms with van der Waals surface area (Å²) in [5.41, 5.74) is 1.54. The van der Waals surface area contributed by atoms with Crippen LogP contribution in [0.3, 0.4) is 0 Å². The Hall–Kier alpha value is -2.37. The molecule has 30 heavy (non-hydrogen) atoms. The predicted octanol–water partition coefficient (Wildman–Crippen LogP) is 3.80. The molecule has 1 spiro atoms. The molecule has 1 aromatic rings. The van der Waals surface area contributed by atoms with Gasteiger partial charge in [0.05, 0.1) is 0 Å². The van der Waals surface area contributed by atoms with Crippen LogP contribution in [0.25, 0.3) is 0 Å². The first-order chi connectivity index (χ1) is 14.3. The second-order valence-electron chi connectivity index (χ2n) is 9.59. The van der Waals surface area contributed by atoms with Gasteiger partial charge in [-0.25, -0.2) is 4.79 Å². The molecule has 6 heteroatoms. The summed E-state index contributed by atoms with van der Waals surface area (Å²) >= 11 is 0. The monoisotopic (exact) mass is 411 g/mol. The van der Waals surface area contributed by atoms with Crippen LogP contribution >= 0.6 is 0 Å². The zero-order valence-corrected chi connectivity index (χ0v) is 18.3. The Balaban J connectivity index is 1.46. The minimum Gasteiger partial charge on any atom is -0.334 e. The van der Waals surface area contributed by atoms with Gasteiger partial charge in [-0.3, -0.25) is 14.5 Å². The molecule has 1 N–H and O–H groups in total. The van der Waals surface area contributed by atoms with Gasteiger partial charge in [-0.15, -0.1) is 0 Å². The van der Waals surface area contributed by atoms with Gasteiger partial charge in [0, 0.05) is 12.6 Å². The average molecular weight is 412 g/mol. The third-order valence-corrected chi connectivity index (χ3v) is 7.10. The van der Waals surface area contributed by atoms with Crippen LogP contribution in [0.1, 0.15) is 76.3 Å². The molecular weight excluding hydrogens is 378 g/mol. The smallest absolute Gasteiger partial charge is 0.325 e. The summed E-state index contributed by atoms with van der Waals surface area (Å²) in [6.45, 7) is 6.70. The molecule has 6 nitrogen and oxygen atoms in total. The highest BCUT2D eigenvalue weighted by Crippen LogP contribution is 2.38. The third kappa shape index (κ3) is 3.84. The molecule has 4 amide bonds. The predicted molar refractivity (Wildman–Crippen MR) is 115 cm³/mol. The number of carbonyl (C=O) groups excluding carboxylic acids is 3. The van der Waals surface area contributed by atoms with E-state index < -0.39 is 11.6 Å². The van der Waals surface area contributed by atoms with Crippen LogP contribution in [0, 0.1) is 5.92 Å². The van der Waals surface area contributed by atoms with E-state index in [1.807, 2.05) is 11.8 Å². The van der Waals surface area contributed by atoms with Crippen molar-refractivity contribution in [1.82, 2.24) is 15.1 Å². The van der Waals surface area contributed by atoms with Gasteiger partial charge in [-0.1, -0.05) is 57.9 Å². The SMILES string of the molecule is CC(C)c1ccc(CN(C(=O)CN2C(=O)NC3(CCCCC3C)C2=O)C2CC2)cc1. The van der Waals surface area contributed by atoms with Gasteiger partial charge in [-0.05, 0) is 48.6 Å². The lowest BCUT2D eigenvalue weighted by Crippen LogP contribution is -2.54. The van der Waals surface area contributed by atoms with E-state index in [2.05, 4.69) is 43.4 Å². The van der Waals surface area contributed by atoms with Crippen molar-refractivity contribution in [2.45, 2.75) is 83.3 Å². The molecule has 2 saturated carbocycles. The molecule has 3 fully saturated rings. The number of carbonyl (C=O) groups is 3. The van der Waals surface area contributed by atoms with Crippen molar-refractivity contribution >= 4 is 17.8 Å². The highest BCUT2D eigenvalue weighted by molar-refractivity contribution is 6.09. The number of hydrogen-bond acceptors (Lipinski definition) is 3. The molecule has 4 rings (SSSR count). The molecule has 0 radical (unpaired) electrons. The first kappa shape index (κ1) is 20.9. The first-order valence-corrected chi connectivity index (χ1v) is 11.3. The quantitative estimate of drug-likeness (QED) is 0.724. The Kier molecular flexibility index (Phi) is 5.60. The molecule has 3 aliphatic rings. The van der Waals surface area contributed by atoms with Crippen molar-refractivity contribution in [3.63, 3.8) is 0 Å². The summed E-state index contributed by atoms with van der Waals surface area (Å²) in [5.74, 6) is 0.204. The minimum absolute atomic E-state index is 0.0989. The number of imide groups is 1. The Morgan fingerprint density at radius 3 is 2.47 bits per heavy atom. The molecule has 162 valence electrons. The Labute approximate surface area is 179 Å². The van der Waals surface area contributed by atoms with Gasteiger partial charge in [0.25, 0.3) is 5.91 Å². The van der Waals surface area contributed by atoms with Crippen LogP contribution in [0.4, 0.5) is 4.79 Å². The summed E-state index contributed by atoms with van der Waals surface area (Å²) in [7, 11) is 0. The highest BCUT2D eigenvalue weighted by atomic mass is 16.2. The molecular formula is C24H33N3O3. The lowest BCUT2D eigenvalue weighted by Gasteiger charge is -2.36. The number of nitrogens with one attached hydrogen (secondary N) is 1. The Morgan fingerprint density at radius 1 is 1.17 bits per heavy atom. The van der Waals surface area contributed by atoms with Gasteiger partial charge in [0.15, 0.2) is 0 Å². The minimum atomic E-state index is -0.813. The van der Waals surface area contributed by atoms with E-state index in [1.54, 1.807) is 0 Å². The van der Waals surface area contributed by atoms with Crippen LogP contribution in [0.5, 0.6) is 0 Å². The summed E-state index contributed by atoms with van der Waals surface area (Å²) in [5, 5.41) is 2.94. The molecule has 1 aromatic carbocycles. The van der Waals surface area contributed by atoms with Gasteiger partial charge >= 0.3 is 6.03 Å². The van der Waals surface area contributed by atoms with Crippen molar-refractivity contribution in [3.8, 4) is 0 Å². The van der Waals surface area contributed by atoms with Crippen molar-refractivity contribution in [2.24, 2.45) is 5.92 Å². The largest absolute Gasteiger partial charge is 0.334 e. The number of amides is 4. The number of urea groups is 1. The van der Waals surface area contributed by atoms with Crippen LogP contribution in [0.15, 0.2) is 24.3 Å². The zero-order chi connectivity index (χ0) is 21.5. The fourth-order valence-electron chi connectivity index (χ4n) is 4.88. The third-order valence-electron chi connectivity index (χ3n) is 7.10. The molecule has 1 aliphatic heterocycles. The first-order valence-electron chi connectivity index (χ1n) is 11.3. The van der Waals surface area contributed by atoms with Crippen LogP contribution in [-0.2, 0) is 16.1 Å². The van der Waals surface area contributed by atoms with Crippen molar-refractivity contribution in [3.05, 3.63) is 35.4 Å². The second-order valence-corrected chi connectivity index (χ2v) is 9.59. The molecule has 1 saturated heterocycles. The van der Waals surface area contributed by atoms with E-state index in [1.165, 1.54) is 5.56 Å². The lowest BCUT2D eigenvalue weighted by atomic mass is 9.73. The van der Waals surface area contributed by atoms with E-state index in [-0.39, 0.29) is 30.3 Å². The topological polar surface area (TPSA) is 69.7 Å². The molecule has 0 aromatic heterocycles. The Morgan fingerprint density at radius 2 is 1.87 bits per heavy atom. The van der Waals surface area contributed by atoms with E-state index in [0.29, 0.717) is 18.9 Å². The van der Waals surface area contributed by atoms with Crippen molar-refractivity contribution in [1.29, 1.82) is 0 Å². The maximum atomic E-state index is 13.2. The molecule has 2 unspecified atom stereocenters. The van der Waals surface area contributed by atoms with Crippen molar-refractivity contribution < 1.29 is 14.4 Å². The number of rotatable bonds is 6. The van der Waals surface area contributed by atoms with E-state index in [0.717, 1.165) is 42.6 Å². The van der Waals surface area contributed by atoms with E-state index in [4.69, 9.17) is 0 Å². The molecule has 0 bridgehead atoms. The van der Waals surface area contributed by atoms with Crippen molar-refractivity contribution in [2.75, 3.05) is 6.54 Å². The number of benzene rings is 1. The average Bonchev–Trinajstić information content (AvgIpc) is 3.53. The summed E-state index contributed by atoms with van der Waals surface area (Å²) in [6, 6.07) is 8.17.